The van der Waals surface area contributed by atoms with Crippen LogP contribution in [0.15, 0.2) is 43.5 Å². The summed E-state index contributed by atoms with van der Waals surface area (Å²) in [6.45, 7) is 9.87. The molecule has 2 aromatic rings. The van der Waals surface area contributed by atoms with E-state index in [1.807, 2.05) is 25.1 Å². The number of methoxy groups -OCH3 is 1. The summed E-state index contributed by atoms with van der Waals surface area (Å²) in [6, 6.07) is 10.3. The van der Waals surface area contributed by atoms with E-state index in [0.717, 1.165) is 33.2 Å². The van der Waals surface area contributed by atoms with Gasteiger partial charge in [0.2, 0.25) is 0 Å². The van der Waals surface area contributed by atoms with Gasteiger partial charge in [0.25, 0.3) is 0 Å². The fraction of sp³-hybridized carbons (Fsp3) is 0.125. The highest BCUT2D eigenvalue weighted by molar-refractivity contribution is 5.96. The van der Waals surface area contributed by atoms with Crippen LogP contribution in [-0.4, -0.2) is 7.11 Å². The molecule has 0 bridgehead atoms. The van der Waals surface area contributed by atoms with E-state index in [1.165, 1.54) is 0 Å². The van der Waals surface area contributed by atoms with Gasteiger partial charge in [0, 0.05) is 10.9 Å². The van der Waals surface area contributed by atoms with Crippen LogP contribution < -0.4 is 4.74 Å². The van der Waals surface area contributed by atoms with Crippen molar-refractivity contribution in [3.05, 3.63) is 54.6 Å². The van der Waals surface area contributed by atoms with E-state index in [1.54, 1.807) is 7.11 Å². The summed E-state index contributed by atoms with van der Waals surface area (Å²) in [5.41, 5.74) is 3.09. The Hall–Kier alpha value is -2.02. The van der Waals surface area contributed by atoms with Gasteiger partial charge in [0.1, 0.15) is 5.75 Å². The van der Waals surface area contributed by atoms with E-state index in [2.05, 4.69) is 31.4 Å². The molecular weight excluding hydrogens is 208 g/mol. The highest BCUT2D eigenvalue weighted by atomic mass is 16.5. The zero-order chi connectivity index (χ0) is 12.4. The van der Waals surface area contributed by atoms with Gasteiger partial charge in [-0.2, -0.15) is 0 Å². The first kappa shape index (κ1) is 11.5. The lowest BCUT2D eigenvalue weighted by Gasteiger charge is -2.15. The molecule has 0 amide bonds. The van der Waals surface area contributed by atoms with Gasteiger partial charge >= 0.3 is 0 Å². The first-order valence-corrected chi connectivity index (χ1v) is 5.57. The van der Waals surface area contributed by atoms with Crippen molar-refractivity contribution >= 4 is 22.4 Å². The van der Waals surface area contributed by atoms with E-state index in [4.69, 9.17) is 4.74 Å². The highest BCUT2D eigenvalue weighted by Gasteiger charge is 2.12. The molecule has 1 nitrogen and oxygen atoms in total. The van der Waals surface area contributed by atoms with Crippen molar-refractivity contribution in [1.82, 2.24) is 0 Å². The molecule has 0 aliphatic heterocycles. The van der Waals surface area contributed by atoms with Gasteiger partial charge in [-0.3, -0.25) is 0 Å². The lowest BCUT2D eigenvalue weighted by atomic mass is 9.95. The van der Waals surface area contributed by atoms with Gasteiger partial charge in [0.15, 0.2) is 0 Å². The van der Waals surface area contributed by atoms with E-state index < -0.39 is 0 Å². The molecule has 0 atom stereocenters. The van der Waals surface area contributed by atoms with E-state index in [0.29, 0.717) is 0 Å². The summed E-state index contributed by atoms with van der Waals surface area (Å²) in [4.78, 5) is 0. The van der Waals surface area contributed by atoms with Crippen molar-refractivity contribution in [3.63, 3.8) is 0 Å². The summed E-state index contributed by atoms with van der Waals surface area (Å²) >= 11 is 0. The predicted molar refractivity (Wildman–Crippen MR) is 75.3 cm³/mol. The van der Waals surface area contributed by atoms with Gasteiger partial charge in [-0.15, -0.1) is 0 Å². The molecule has 0 spiro atoms. The van der Waals surface area contributed by atoms with Crippen molar-refractivity contribution in [3.8, 4) is 5.75 Å². The van der Waals surface area contributed by atoms with Crippen LogP contribution in [0.25, 0.3) is 22.4 Å². The number of hydrogen-bond acceptors (Lipinski definition) is 1. The molecular formula is C16H16O. The molecule has 0 heterocycles. The van der Waals surface area contributed by atoms with Crippen LogP contribution in [0.5, 0.6) is 5.75 Å². The third kappa shape index (κ3) is 1.84. The molecule has 0 aliphatic carbocycles. The summed E-state index contributed by atoms with van der Waals surface area (Å²) < 4.78 is 5.55. The Morgan fingerprint density at radius 1 is 1.29 bits per heavy atom. The third-order valence-corrected chi connectivity index (χ3v) is 2.88. The lowest BCUT2D eigenvalue weighted by molar-refractivity contribution is 0.418. The standard InChI is InChI=1S/C16H16O/c1-5-12-10-13-8-6-7-9-14(13)16(17-4)15(12)11(2)3/h5-10H,1-2H2,3-4H3. The fourth-order valence-corrected chi connectivity index (χ4v) is 2.15. The molecule has 0 aromatic heterocycles. The first-order valence-electron chi connectivity index (χ1n) is 5.57. The minimum absolute atomic E-state index is 0.880. The van der Waals surface area contributed by atoms with E-state index >= 15 is 0 Å². The van der Waals surface area contributed by atoms with Crippen LogP contribution in [0.2, 0.25) is 0 Å². The topological polar surface area (TPSA) is 9.23 Å². The zero-order valence-corrected chi connectivity index (χ0v) is 10.3. The second kappa shape index (κ2) is 4.46. The van der Waals surface area contributed by atoms with E-state index in [9.17, 15) is 0 Å². The number of rotatable bonds is 3. The predicted octanol–water partition coefficient (Wildman–Crippen LogP) is 4.52. The number of fused-ring (bicyclic) bond motifs is 1. The van der Waals surface area contributed by atoms with Crippen molar-refractivity contribution in [2.75, 3.05) is 7.11 Å². The molecule has 86 valence electrons. The minimum Gasteiger partial charge on any atom is -0.495 e. The van der Waals surface area contributed by atoms with Gasteiger partial charge in [0.05, 0.1) is 7.11 Å². The zero-order valence-electron chi connectivity index (χ0n) is 10.3. The van der Waals surface area contributed by atoms with Gasteiger partial charge in [-0.05, 0) is 29.5 Å². The fourth-order valence-electron chi connectivity index (χ4n) is 2.15. The second-order valence-electron chi connectivity index (χ2n) is 4.08. The van der Waals surface area contributed by atoms with Crippen molar-refractivity contribution in [2.24, 2.45) is 0 Å². The maximum absolute atomic E-state index is 5.55. The van der Waals surface area contributed by atoms with Gasteiger partial charge in [-0.1, -0.05) is 43.5 Å². The maximum Gasteiger partial charge on any atom is 0.134 e. The van der Waals surface area contributed by atoms with Gasteiger partial charge in [-0.25, -0.2) is 0 Å². The molecule has 0 fully saturated rings. The third-order valence-electron chi connectivity index (χ3n) is 2.88. The lowest BCUT2D eigenvalue weighted by Crippen LogP contribution is -1.94. The molecule has 0 aliphatic rings. The summed E-state index contributed by atoms with van der Waals surface area (Å²) in [6.07, 6.45) is 1.85. The van der Waals surface area contributed by atoms with Crippen molar-refractivity contribution in [2.45, 2.75) is 6.92 Å². The number of ether oxygens (including phenoxy) is 1. The average molecular weight is 224 g/mol. The van der Waals surface area contributed by atoms with Crippen LogP contribution in [0.4, 0.5) is 0 Å². The average Bonchev–Trinajstić information content (AvgIpc) is 2.35. The Bertz CT molecular complexity index is 594. The molecule has 0 N–H and O–H groups in total. The monoisotopic (exact) mass is 224 g/mol. The normalized spacial score (nSPS) is 10.2. The SMILES string of the molecule is C=Cc1cc2ccccc2c(OC)c1C(=C)C. The quantitative estimate of drug-likeness (QED) is 0.744. The summed E-state index contributed by atoms with van der Waals surface area (Å²) in [5.74, 6) is 0.880. The van der Waals surface area contributed by atoms with Crippen molar-refractivity contribution < 1.29 is 4.74 Å². The molecule has 17 heavy (non-hydrogen) atoms. The minimum atomic E-state index is 0.880. The summed E-state index contributed by atoms with van der Waals surface area (Å²) in [7, 11) is 1.70. The van der Waals surface area contributed by atoms with Crippen LogP contribution in [0, 0.1) is 0 Å². The van der Waals surface area contributed by atoms with Crippen molar-refractivity contribution in [1.29, 1.82) is 0 Å². The van der Waals surface area contributed by atoms with Crippen LogP contribution in [-0.2, 0) is 0 Å². The number of benzene rings is 2. The smallest absolute Gasteiger partial charge is 0.134 e. The molecule has 0 saturated heterocycles. The summed E-state index contributed by atoms with van der Waals surface area (Å²) in [5, 5.41) is 2.27. The maximum atomic E-state index is 5.55. The highest BCUT2D eigenvalue weighted by Crippen LogP contribution is 2.36. The molecule has 0 unspecified atom stereocenters. The molecule has 2 aromatic carbocycles. The number of hydrogen-bond donors (Lipinski definition) is 0. The Morgan fingerprint density at radius 2 is 2.00 bits per heavy atom. The molecule has 1 heteroatoms. The first-order chi connectivity index (χ1) is 8.19. The second-order valence-corrected chi connectivity index (χ2v) is 4.08. The molecule has 0 saturated carbocycles. The van der Waals surface area contributed by atoms with Crippen LogP contribution >= 0.6 is 0 Å². The van der Waals surface area contributed by atoms with E-state index in [-0.39, 0.29) is 0 Å². The largest absolute Gasteiger partial charge is 0.495 e. The van der Waals surface area contributed by atoms with Gasteiger partial charge < -0.3 is 4.74 Å². The molecule has 2 rings (SSSR count). The molecule has 0 radical (unpaired) electrons. The number of allylic oxidation sites excluding steroid dienone is 1. The van der Waals surface area contributed by atoms with Crippen LogP contribution in [0.3, 0.4) is 0 Å². The Balaban J connectivity index is 2.94. The Morgan fingerprint density at radius 3 is 2.59 bits per heavy atom. The Kier molecular flexibility index (Phi) is 3.01. The van der Waals surface area contributed by atoms with Crippen LogP contribution in [0.1, 0.15) is 18.1 Å². The Labute approximate surface area is 102 Å².